The number of hydrogen-bond donors (Lipinski definition) is 1. The summed E-state index contributed by atoms with van der Waals surface area (Å²) in [4.78, 5) is 8.67. The molecule has 4 rings (SSSR count). The molecule has 3 heterocycles. The van der Waals surface area contributed by atoms with E-state index in [1.54, 1.807) is 12.5 Å². The maximum absolute atomic E-state index is 9.33. The van der Waals surface area contributed by atoms with Crippen LogP contribution in [0.25, 0.3) is 27.8 Å². The maximum Gasteiger partial charge on any atom is 0.146 e. The smallest absolute Gasteiger partial charge is 0.146 e. The highest BCUT2D eigenvalue weighted by molar-refractivity contribution is 5.91. The maximum atomic E-state index is 9.33. The van der Waals surface area contributed by atoms with E-state index in [9.17, 15) is 5.11 Å². The van der Waals surface area contributed by atoms with Crippen molar-refractivity contribution in [2.45, 2.75) is 6.61 Å². The average molecular weight is 278 g/mol. The van der Waals surface area contributed by atoms with Crippen LogP contribution in [0, 0.1) is 0 Å². The first-order valence-electron chi connectivity index (χ1n) is 6.74. The normalized spacial score (nSPS) is 11.5. The molecule has 0 aliphatic carbocycles. The van der Waals surface area contributed by atoms with Gasteiger partial charge in [0.05, 0.1) is 30.3 Å². The molecule has 0 fully saturated rings. The van der Waals surface area contributed by atoms with Gasteiger partial charge in [-0.05, 0) is 29.1 Å². The summed E-state index contributed by atoms with van der Waals surface area (Å²) in [7, 11) is 1.97. The first kappa shape index (κ1) is 12.1. The lowest BCUT2D eigenvalue weighted by molar-refractivity contribution is 0.282. The van der Waals surface area contributed by atoms with E-state index in [0.717, 1.165) is 33.4 Å². The second-order valence-corrected chi connectivity index (χ2v) is 5.12. The minimum atomic E-state index is 0.0406. The number of rotatable bonds is 2. The molecule has 0 spiro atoms. The lowest BCUT2D eigenvalue weighted by atomic mass is 10.1. The van der Waals surface area contributed by atoms with Crippen LogP contribution in [0.2, 0.25) is 0 Å². The van der Waals surface area contributed by atoms with Crippen molar-refractivity contribution < 1.29 is 5.11 Å². The Hall–Kier alpha value is -2.66. The van der Waals surface area contributed by atoms with Gasteiger partial charge in [0.1, 0.15) is 5.65 Å². The number of benzene rings is 1. The number of aryl methyl sites for hydroxylation is 1. The predicted molar refractivity (Wildman–Crippen MR) is 80.8 cm³/mol. The van der Waals surface area contributed by atoms with Crippen molar-refractivity contribution in [1.82, 2.24) is 18.9 Å². The highest BCUT2D eigenvalue weighted by atomic mass is 16.3. The fraction of sp³-hybridized carbons (Fsp3) is 0.125. The Labute approximate surface area is 121 Å². The van der Waals surface area contributed by atoms with Crippen LogP contribution in [0.1, 0.15) is 5.56 Å². The monoisotopic (exact) mass is 278 g/mol. The second-order valence-electron chi connectivity index (χ2n) is 5.12. The van der Waals surface area contributed by atoms with Crippen molar-refractivity contribution in [3.8, 4) is 11.3 Å². The van der Waals surface area contributed by atoms with Gasteiger partial charge in [0, 0.05) is 25.0 Å². The van der Waals surface area contributed by atoms with E-state index < -0.39 is 0 Å². The standard InChI is InChI=1S/C16H14N4O/c1-19-10-17-8-15(19)13-7-12-6-11(9-21)2-3-14(12)20-5-4-18-16(13)20/h2-8,10,21H,9H2,1H3. The van der Waals surface area contributed by atoms with Gasteiger partial charge in [-0.2, -0.15) is 0 Å². The van der Waals surface area contributed by atoms with E-state index in [0.29, 0.717) is 0 Å². The molecule has 1 N–H and O–H groups in total. The Kier molecular flexibility index (Phi) is 2.55. The fourth-order valence-corrected chi connectivity index (χ4v) is 2.76. The molecule has 0 radical (unpaired) electrons. The lowest BCUT2D eigenvalue weighted by Gasteiger charge is -2.09. The number of nitrogens with zero attached hydrogens (tertiary/aromatic N) is 4. The zero-order chi connectivity index (χ0) is 14.4. The van der Waals surface area contributed by atoms with Crippen molar-refractivity contribution >= 4 is 16.6 Å². The molecule has 5 heteroatoms. The molecule has 0 bridgehead atoms. The minimum Gasteiger partial charge on any atom is -0.392 e. The molecule has 0 saturated heterocycles. The van der Waals surface area contributed by atoms with E-state index >= 15 is 0 Å². The molecule has 0 aliphatic rings. The molecule has 1 aromatic carbocycles. The summed E-state index contributed by atoms with van der Waals surface area (Å²) in [6, 6.07) is 8.07. The molecule has 5 nitrogen and oxygen atoms in total. The lowest BCUT2D eigenvalue weighted by Crippen LogP contribution is -1.96. The van der Waals surface area contributed by atoms with Gasteiger partial charge in [-0.3, -0.25) is 4.40 Å². The van der Waals surface area contributed by atoms with Crippen LogP contribution in [-0.2, 0) is 13.7 Å². The molecular weight excluding hydrogens is 264 g/mol. The summed E-state index contributed by atoms with van der Waals surface area (Å²) in [5, 5.41) is 10.4. The summed E-state index contributed by atoms with van der Waals surface area (Å²) >= 11 is 0. The molecule has 3 aromatic heterocycles. The number of aliphatic hydroxyl groups is 1. The fourth-order valence-electron chi connectivity index (χ4n) is 2.76. The van der Waals surface area contributed by atoms with Crippen molar-refractivity contribution in [1.29, 1.82) is 0 Å². The third-order valence-electron chi connectivity index (χ3n) is 3.81. The number of fused-ring (bicyclic) bond motifs is 3. The van der Waals surface area contributed by atoms with Gasteiger partial charge in [-0.15, -0.1) is 0 Å². The molecule has 0 aliphatic heterocycles. The molecule has 0 unspecified atom stereocenters. The van der Waals surface area contributed by atoms with Gasteiger partial charge in [0.2, 0.25) is 0 Å². The van der Waals surface area contributed by atoms with E-state index in [4.69, 9.17) is 0 Å². The first-order valence-corrected chi connectivity index (χ1v) is 6.74. The van der Waals surface area contributed by atoms with E-state index in [1.807, 2.05) is 42.2 Å². The number of pyridine rings is 1. The Morgan fingerprint density at radius 2 is 2.14 bits per heavy atom. The first-order chi connectivity index (χ1) is 10.3. The summed E-state index contributed by atoms with van der Waals surface area (Å²) < 4.78 is 4.05. The van der Waals surface area contributed by atoms with E-state index in [1.165, 1.54) is 0 Å². The Bertz CT molecular complexity index is 951. The number of aromatic nitrogens is 4. The van der Waals surface area contributed by atoms with Gasteiger partial charge in [0.15, 0.2) is 0 Å². The predicted octanol–water partition coefficient (Wildman–Crippen LogP) is 2.38. The quantitative estimate of drug-likeness (QED) is 0.612. The Morgan fingerprint density at radius 1 is 1.24 bits per heavy atom. The van der Waals surface area contributed by atoms with Crippen LogP contribution in [-0.4, -0.2) is 24.0 Å². The number of aliphatic hydroxyl groups excluding tert-OH is 1. The van der Waals surface area contributed by atoms with Gasteiger partial charge in [-0.1, -0.05) is 6.07 Å². The third kappa shape index (κ3) is 1.75. The van der Waals surface area contributed by atoms with Crippen molar-refractivity contribution in [3.05, 3.63) is 54.7 Å². The summed E-state index contributed by atoms with van der Waals surface area (Å²) in [6.07, 6.45) is 7.37. The van der Waals surface area contributed by atoms with Crippen molar-refractivity contribution in [3.63, 3.8) is 0 Å². The molecule has 0 atom stereocenters. The Morgan fingerprint density at radius 3 is 2.90 bits per heavy atom. The second kappa shape index (κ2) is 4.43. The largest absolute Gasteiger partial charge is 0.392 e. The third-order valence-corrected chi connectivity index (χ3v) is 3.81. The molecule has 4 aromatic rings. The topological polar surface area (TPSA) is 55.3 Å². The highest BCUT2D eigenvalue weighted by Gasteiger charge is 2.12. The van der Waals surface area contributed by atoms with Gasteiger partial charge >= 0.3 is 0 Å². The summed E-state index contributed by atoms with van der Waals surface area (Å²) in [6.45, 7) is 0.0406. The molecule has 0 amide bonds. The van der Waals surface area contributed by atoms with Crippen molar-refractivity contribution in [2.24, 2.45) is 7.05 Å². The van der Waals surface area contributed by atoms with Gasteiger partial charge < -0.3 is 9.67 Å². The van der Waals surface area contributed by atoms with Crippen LogP contribution in [0.5, 0.6) is 0 Å². The Balaban J connectivity index is 2.13. The van der Waals surface area contributed by atoms with Crippen LogP contribution in [0.15, 0.2) is 49.2 Å². The minimum absolute atomic E-state index is 0.0406. The SMILES string of the molecule is Cn1cncc1-c1cc2cc(CO)ccc2n2ccnc12. The van der Waals surface area contributed by atoms with Gasteiger partial charge in [0.25, 0.3) is 0 Å². The highest BCUT2D eigenvalue weighted by Crippen LogP contribution is 2.28. The molecule has 104 valence electrons. The van der Waals surface area contributed by atoms with Crippen LogP contribution < -0.4 is 0 Å². The number of imidazole rings is 2. The molecular formula is C16H14N4O. The average Bonchev–Trinajstić information content (AvgIpc) is 3.14. The summed E-state index contributed by atoms with van der Waals surface area (Å²) in [5.74, 6) is 0. The van der Waals surface area contributed by atoms with Crippen LogP contribution in [0.4, 0.5) is 0 Å². The van der Waals surface area contributed by atoms with Crippen LogP contribution >= 0.6 is 0 Å². The molecule has 0 saturated carbocycles. The zero-order valence-corrected chi connectivity index (χ0v) is 11.6. The summed E-state index contributed by atoms with van der Waals surface area (Å²) in [5.41, 5.74) is 4.93. The molecule has 21 heavy (non-hydrogen) atoms. The van der Waals surface area contributed by atoms with Gasteiger partial charge in [-0.25, -0.2) is 9.97 Å². The zero-order valence-electron chi connectivity index (χ0n) is 11.6. The number of hydrogen-bond acceptors (Lipinski definition) is 3. The van der Waals surface area contributed by atoms with E-state index in [2.05, 4.69) is 20.4 Å². The van der Waals surface area contributed by atoms with E-state index in [-0.39, 0.29) is 6.61 Å². The van der Waals surface area contributed by atoms with Crippen LogP contribution in [0.3, 0.4) is 0 Å². The van der Waals surface area contributed by atoms with Crippen molar-refractivity contribution in [2.75, 3.05) is 0 Å².